The average Bonchev–Trinajstić information content (AvgIpc) is 2.49. The first-order valence-electron chi connectivity index (χ1n) is 8.27. The number of piperazine rings is 1. The number of amides is 1. The van der Waals surface area contributed by atoms with Crippen LogP contribution in [0.15, 0.2) is 0 Å². The van der Waals surface area contributed by atoms with Gasteiger partial charge in [0.15, 0.2) is 0 Å². The molecule has 0 spiro atoms. The average molecular weight is 334 g/mol. The van der Waals surface area contributed by atoms with Crippen LogP contribution in [0.3, 0.4) is 0 Å². The molecule has 0 radical (unpaired) electrons. The lowest BCUT2D eigenvalue weighted by Crippen LogP contribution is -2.61. The molecule has 1 aliphatic heterocycles. The molecule has 1 N–H and O–H groups in total. The molecule has 6 heteroatoms. The molecule has 2 aliphatic rings. The second-order valence-electron chi connectivity index (χ2n) is 6.88. The lowest BCUT2D eigenvalue weighted by molar-refractivity contribution is -0.147. The monoisotopic (exact) mass is 333 g/mol. The third kappa shape index (κ3) is 4.34. The number of rotatable bonds is 6. The van der Waals surface area contributed by atoms with Gasteiger partial charge in [0.05, 0.1) is 6.10 Å². The molecule has 2 unspecified atom stereocenters. The van der Waals surface area contributed by atoms with Crippen molar-refractivity contribution in [3.63, 3.8) is 0 Å². The first kappa shape index (κ1) is 19.7. The zero-order chi connectivity index (χ0) is 15.5. The highest BCUT2D eigenvalue weighted by atomic mass is 35.5. The first-order chi connectivity index (χ1) is 9.96. The molecule has 1 saturated carbocycles. The standard InChI is InChI=1S/C16H31N3O2.ClH/c1-5-21-14-12-13(16(14,2)3)18(4)9-6-15(20)19-10-7-17-8-11-19;/h13-14,17H,5-12H2,1-4H3;1H. The molecule has 130 valence electrons. The van der Waals surface area contributed by atoms with Gasteiger partial charge in [-0.3, -0.25) is 4.79 Å². The summed E-state index contributed by atoms with van der Waals surface area (Å²) in [6.07, 6.45) is 2.07. The van der Waals surface area contributed by atoms with Gasteiger partial charge in [0.2, 0.25) is 5.91 Å². The van der Waals surface area contributed by atoms with Crippen molar-refractivity contribution >= 4 is 18.3 Å². The van der Waals surface area contributed by atoms with Crippen molar-refractivity contribution in [2.24, 2.45) is 5.41 Å². The summed E-state index contributed by atoms with van der Waals surface area (Å²) in [4.78, 5) is 16.5. The highest BCUT2D eigenvalue weighted by Gasteiger charge is 2.50. The van der Waals surface area contributed by atoms with Crippen LogP contribution in [0.2, 0.25) is 0 Å². The van der Waals surface area contributed by atoms with Gasteiger partial charge in [-0.1, -0.05) is 13.8 Å². The summed E-state index contributed by atoms with van der Waals surface area (Å²) >= 11 is 0. The van der Waals surface area contributed by atoms with E-state index in [1.54, 1.807) is 0 Å². The molecule has 1 amide bonds. The summed E-state index contributed by atoms with van der Waals surface area (Å²) < 4.78 is 5.79. The van der Waals surface area contributed by atoms with Crippen molar-refractivity contribution < 1.29 is 9.53 Å². The van der Waals surface area contributed by atoms with Gasteiger partial charge in [-0.2, -0.15) is 0 Å². The van der Waals surface area contributed by atoms with Crippen LogP contribution < -0.4 is 5.32 Å². The second-order valence-corrected chi connectivity index (χ2v) is 6.88. The van der Waals surface area contributed by atoms with Crippen LogP contribution in [0.25, 0.3) is 0 Å². The summed E-state index contributed by atoms with van der Waals surface area (Å²) in [5.74, 6) is 0.293. The van der Waals surface area contributed by atoms with Crippen LogP contribution >= 0.6 is 12.4 Å². The minimum Gasteiger partial charge on any atom is -0.378 e. The Morgan fingerprint density at radius 2 is 2.00 bits per heavy atom. The molecular weight excluding hydrogens is 302 g/mol. The summed E-state index contributed by atoms with van der Waals surface area (Å²) in [5, 5.41) is 3.28. The Bertz CT molecular complexity index is 359. The van der Waals surface area contributed by atoms with E-state index in [1.807, 2.05) is 4.90 Å². The quantitative estimate of drug-likeness (QED) is 0.797. The van der Waals surface area contributed by atoms with Crippen molar-refractivity contribution in [3.8, 4) is 0 Å². The Balaban J connectivity index is 0.00000242. The van der Waals surface area contributed by atoms with Crippen LogP contribution in [0.1, 0.15) is 33.6 Å². The van der Waals surface area contributed by atoms with Gasteiger partial charge in [0, 0.05) is 57.2 Å². The van der Waals surface area contributed by atoms with E-state index in [1.165, 1.54) is 0 Å². The van der Waals surface area contributed by atoms with Crippen molar-refractivity contribution in [2.45, 2.75) is 45.8 Å². The van der Waals surface area contributed by atoms with Gasteiger partial charge in [0.25, 0.3) is 0 Å². The van der Waals surface area contributed by atoms with Crippen LogP contribution in [-0.2, 0) is 9.53 Å². The zero-order valence-electron chi connectivity index (χ0n) is 14.4. The molecule has 0 aromatic heterocycles. The predicted octanol–water partition coefficient (Wildman–Crippen LogP) is 1.37. The van der Waals surface area contributed by atoms with Crippen molar-refractivity contribution in [1.82, 2.24) is 15.1 Å². The Morgan fingerprint density at radius 3 is 2.55 bits per heavy atom. The molecule has 5 nitrogen and oxygen atoms in total. The van der Waals surface area contributed by atoms with E-state index in [9.17, 15) is 4.79 Å². The van der Waals surface area contributed by atoms with Crippen LogP contribution in [0.4, 0.5) is 0 Å². The lowest BCUT2D eigenvalue weighted by atomic mass is 9.64. The summed E-state index contributed by atoms with van der Waals surface area (Å²) in [7, 11) is 2.14. The number of hydrogen-bond acceptors (Lipinski definition) is 4. The van der Waals surface area contributed by atoms with Crippen molar-refractivity contribution in [2.75, 3.05) is 46.4 Å². The van der Waals surface area contributed by atoms with Crippen LogP contribution in [-0.4, -0.2) is 74.2 Å². The fraction of sp³-hybridized carbons (Fsp3) is 0.938. The van der Waals surface area contributed by atoms with Gasteiger partial charge in [-0.15, -0.1) is 12.4 Å². The van der Waals surface area contributed by atoms with Gasteiger partial charge < -0.3 is 19.9 Å². The molecule has 2 fully saturated rings. The molecule has 22 heavy (non-hydrogen) atoms. The SMILES string of the molecule is CCOC1CC(N(C)CCC(=O)N2CCNCC2)C1(C)C.Cl. The molecule has 2 atom stereocenters. The lowest BCUT2D eigenvalue weighted by Gasteiger charge is -2.55. The number of nitrogens with one attached hydrogen (secondary N) is 1. The second kappa shape index (κ2) is 8.48. The Labute approximate surface area is 141 Å². The normalized spacial score (nSPS) is 27.2. The molecule has 0 aromatic carbocycles. The third-order valence-corrected chi connectivity index (χ3v) is 5.17. The summed E-state index contributed by atoms with van der Waals surface area (Å²) in [5.41, 5.74) is 0.183. The van der Waals surface area contributed by atoms with E-state index < -0.39 is 0 Å². The number of carbonyl (C=O) groups is 1. The van der Waals surface area contributed by atoms with E-state index >= 15 is 0 Å². The fourth-order valence-electron chi connectivity index (χ4n) is 3.60. The van der Waals surface area contributed by atoms with Crippen LogP contribution in [0, 0.1) is 5.41 Å². The maximum absolute atomic E-state index is 12.2. The largest absolute Gasteiger partial charge is 0.378 e. The van der Waals surface area contributed by atoms with E-state index in [-0.39, 0.29) is 17.8 Å². The number of nitrogens with zero attached hydrogens (tertiary/aromatic N) is 2. The molecular formula is C16H32ClN3O2. The number of hydrogen-bond donors (Lipinski definition) is 1. The Kier molecular flexibility index (Phi) is 7.59. The summed E-state index contributed by atoms with van der Waals surface area (Å²) in [6.45, 7) is 11.8. The molecule has 0 aromatic rings. The fourth-order valence-corrected chi connectivity index (χ4v) is 3.60. The molecule has 2 rings (SSSR count). The molecule has 1 aliphatic carbocycles. The molecule has 0 bridgehead atoms. The summed E-state index contributed by atoms with van der Waals surface area (Å²) in [6, 6.07) is 0.518. The minimum absolute atomic E-state index is 0. The van der Waals surface area contributed by atoms with Crippen molar-refractivity contribution in [3.05, 3.63) is 0 Å². The Hall–Kier alpha value is -0.360. The maximum Gasteiger partial charge on any atom is 0.223 e. The predicted molar refractivity (Wildman–Crippen MR) is 91.5 cm³/mol. The minimum atomic E-state index is 0. The highest BCUT2D eigenvalue weighted by molar-refractivity contribution is 5.85. The maximum atomic E-state index is 12.2. The van der Waals surface area contributed by atoms with E-state index in [2.05, 4.69) is 38.0 Å². The third-order valence-electron chi connectivity index (χ3n) is 5.17. The highest BCUT2D eigenvalue weighted by Crippen LogP contribution is 2.45. The topological polar surface area (TPSA) is 44.8 Å². The van der Waals surface area contributed by atoms with Gasteiger partial charge >= 0.3 is 0 Å². The van der Waals surface area contributed by atoms with Crippen molar-refractivity contribution in [1.29, 1.82) is 0 Å². The Morgan fingerprint density at radius 1 is 1.36 bits per heavy atom. The van der Waals surface area contributed by atoms with E-state index in [0.717, 1.165) is 45.8 Å². The van der Waals surface area contributed by atoms with Gasteiger partial charge in [-0.25, -0.2) is 0 Å². The van der Waals surface area contributed by atoms with Gasteiger partial charge in [-0.05, 0) is 20.4 Å². The smallest absolute Gasteiger partial charge is 0.223 e. The van der Waals surface area contributed by atoms with Gasteiger partial charge in [0.1, 0.15) is 0 Å². The number of ether oxygens (including phenoxy) is 1. The van der Waals surface area contributed by atoms with Crippen LogP contribution in [0.5, 0.6) is 0 Å². The van der Waals surface area contributed by atoms with E-state index in [4.69, 9.17) is 4.74 Å². The molecule has 1 heterocycles. The number of halogens is 1. The molecule has 1 saturated heterocycles. The zero-order valence-corrected chi connectivity index (χ0v) is 15.2. The first-order valence-corrected chi connectivity index (χ1v) is 8.27. The number of carbonyl (C=O) groups excluding carboxylic acids is 1. The van der Waals surface area contributed by atoms with E-state index in [0.29, 0.717) is 24.5 Å².